The lowest BCUT2D eigenvalue weighted by atomic mass is 10.0. The lowest BCUT2D eigenvalue weighted by Crippen LogP contribution is -2.40. The number of benzene rings is 2. The molecule has 3 rings (SSSR count). The maximum atomic E-state index is 4.79. The van der Waals surface area contributed by atoms with E-state index in [1.807, 2.05) is 11.8 Å². The van der Waals surface area contributed by atoms with Crippen molar-refractivity contribution in [3.63, 3.8) is 0 Å². The summed E-state index contributed by atoms with van der Waals surface area (Å²) in [7, 11) is 0. The van der Waals surface area contributed by atoms with Crippen LogP contribution >= 0.6 is 35.7 Å². The molecule has 1 heterocycles. The summed E-state index contributed by atoms with van der Waals surface area (Å²) in [6.07, 6.45) is 5.88. The summed E-state index contributed by atoms with van der Waals surface area (Å²) in [6.45, 7) is 6.67. The van der Waals surface area contributed by atoms with Crippen LogP contribution in [0.4, 0.5) is 0 Å². The van der Waals surface area contributed by atoms with E-state index in [2.05, 4.69) is 88.0 Å². The summed E-state index contributed by atoms with van der Waals surface area (Å²) in [5.41, 5.74) is 1.25. The summed E-state index contributed by atoms with van der Waals surface area (Å²) >= 11 is 1.86. The first-order valence-electron chi connectivity index (χ1n) is 10.6. The van der Waals surface area contributed by atoms with E-state index >= 15 is 0 Å². The van der Waals surface area contributed by atoms with E-state index in [1.165, 1.54) is 16.3 Å². The Kier molecular flexibility index (Phi) is 11.1. The first-order valence-corrected chi connectivity index (χ1v) is 12.0. The third kappa shape index (κ3) is 7.68. The van der Waals surface area contributed by atoms with Crippen LogP contribution in [0, 0.1) is 0 Å². The van der Waals surface area contributed by atoms with Gasteiger partial charge in [-0.05, 0) is 47.8 Å². The highest BCUT2D eigenvalue weighted by atomic mass is 127. The van der Waals surface area contributed by atoms with Crippen molar-refractivity contribution in [2.75, 3.05) is 25.1 Å². The van der Waals surface area contributed by atoms with E-state index in [1.54, 1.807) is 6.33 Å². The molecule has 1 unspecified atom stereocenters. The fourth-order valence-corrected chi connectivity index (χ4v) is 3.77. The molecule has 0 saturated carbocycles. The zero-order valence-corrected chi connectivity index (χ0v) is 21.7. The molecule has 6 nitrogen and oxygen atoms in total. The first kappa shape index (κ1) is 25.5. The van der Waals surface area contributed by atoms with Crippen molar-refractivity contribution >= 4 is 52.5 Å². The number of thioether (sulfide) groups is 1. The minimum atomic E-state index is 0. The van der Waals surface area contributed by atoms with E-state index in [0.29, 0.717) is 0 Å². The molecule has 0 aliphatic carbocycles. The molecule has 8 heteroatoms. The van der Waals surface area contributed by atoms with E-state index in [-0.39, 0.29) is 30.0 Å². The fraction of sp³-hybridized carbons (Fsp3) is 0.435. The normalized spacial score (nSPS) is 12.4. The lowest BCUT2D eigenvalue weighted by molar-refractivity contribution is 0.619. The van der Waals surface area contributed by atoms with Crippen LogP contribution in [0.15, 0.2) is 53.8 Å². The highest BCUT2D eigenvalue weighted by Crippen LogP contribution is 2.20. The molecule has 0 amide bonds. The van der Waals surface area contributed by atoms with Crippen LogP contribution in [0.2, 0.25) is 0 Å². The van der Waals surface area contributed by atoms with Crippen molar-refractivity contribution < 1.29 is 0 Å². The largest absolute Gasteiger partial charge is 0.355 e. The van der Waals surface area contributed by atoms with Gasteiger partial charge in [0.2, 0.25) is 0 Å². The number of rotatable bonds is 10. The Morgan fingerprint density at radius 3 is 2.77 bits per heavy atom. The lowest BCUT2D eigenvalue weighted by Gasteiger charge is -2.19. The number of hydrogen-bond donors (Lipinski definition) is 2. The number of hydrogen-bond acceptors (Lipinski definition) is 4. The summed E-state index contributed by atoms with van der Waals surface area (Å²) in [5.74, 6) is 2.98. The molecule has 168 valence electrons. The number of nitrogens with one attached hydrogen (secondary N) is 2. The molecular formula is C23H33IN6S. The minimum absolute atomic E-state index is 0. The number of fused-ring (bicyclic) bond motifs is 1. The van der Waals surface area contributed by atoms with Gasteiger partial charge < -0.3 is 15.2 Å². The molecule has 0 bridgehead atoms. The van der Waals surface area contributed by atoms with Gasteiger partial charge in [-0.25, -0.2) is 0 Å². The Hall–Kier alpha value is -1.81. The molecular weight excluding hydrogens is 519 g/mol. The Morgan fingerprint density at radius 2 is 2.00 bits per heavy atom. The third-order valence-corrected chi connectivity index (χ3v) is 5.76. The van der Waals surface area contributed by atoms with Crippen LogP contribution in [-0.4, -0.2) is 45.8 Å². The second kappa shape index (κ2) is 13.6. The molecule has 0 aliphatic rings. The van der Waals surface area contributed by atoms with Gasteiger partial charge in [-0.1, -0.05) is 43.3 Å². The van der Waals surface area contributed by atoms with Crippen molar-refractivity contribution in [3.05, 3.63) is 60.2 Å². The van der Waals surface area contributed by atoms with Gasteiger partial charge in [0.1, 0.15) is 12.2 Å². The van der Waals surface area contributed by atoms with Crippen molar-refractivity contribution in [1.29, 1.82) is 0 Å². The Bertz CT molecular complexity index is 958. The van der Waals surface area contributed by atoms with E-state index in [4.69, 9.17) is 4.99 Å². The average Bonchev–Trinajstić information content (AvgIpc) is 3.23. The van der Waals surface area contributed by atoms with Crippen LogP contribution in [0.1, 0.15) is 37.7 Å². The summed E-state index contributed by atoms with van der Waals surface area (Å²) in [4.78, 5) is 4.79. The average molecular weight is 553 g/mol. The number of aliphatic imine (C=N–C) groups is 1. The van der Waals surface area contributed by atoms with Gasteiger partial charge >= 0.3 is 0 Å². The predicted octanol–water partition coefficient (Wildman–Crippen LogP) is 4.66. The minimum Gasteiger partial charge on any atom is -0.355 e. The van der Waals surface area contributed by atoms with Crippen molar-refractivity contribution in [2.24, 2.45) is 4.99 Å². The van der Waals surface area contributed by atoms with Gasteiger partial charge in [-0.2, -0.15) is 11.8 Å². The summed E-state index contributed by atoms with van der Waals surface area (Å²) in [5, 5.41) is 17.7. The Labute approximate surface area is 206 Å². The van der Waals surface area contributed by atoms with Crippen LogP contribution in [0.5, 0.6) is 0 Å². The summed E-state index contributed by atoms with van der Waals surface area (Å²) in [6, 6.07) is 15.2. The maximum absolute atomic E-state index is 4.79. The van der Waals surface area contributed by atoms with Gasteiger partial charge in [-0.3, -0.25) is 4.99 Å². The van der Waals surface area contributed by atoms with Crippen molar-refractivity contribution in [2.45, 2.75) is 39.3 Å². The van der Waals surface area contributed by atoms with Gasteiger partial charge in [0, 0.05) is 26.1 Å². The van der Waals surface area contributed by atoms with Gasteiger partial charge in [0.05, 0.1) is 6.04 Å². The van der Waals surface area contributed by atoms with E-state index in [0.717, 1.165) is 50.0 Å². The topological polar surface area (TPSA) is 67.1 Å². The zero-order chi connectivity index (χ0) is 21.2. The van der Waals surface area contributed by atoms with Crippen LogP contribution in [0.25, 0.3) is 10.8 Å². The molecule has 0 aliphatic heterocycles. The molecule has 1 atom stereocenters. The number of aryl methyl sites for hydroxylation is 1. The van der Waals surface area contributed by atoms with E-state index < -0.39 is 0 Å². The second-order valence-corrected chi connectivity index (χ2v) is 8.26. The van der Waals surface area contributed by atoms with Crippen molar-refractivity contribution in [3.8, 4) is 0 Å². The van der Waals surface area contributed by atoms with Gasteiger partial charge in [-0.15, -0.1) is 34.2 Å². The highest BCUT2D eigenvalue weighted by Gasteiger charge is 2.09. The SMILES string of the molecule is CCc1nncn1CCNC(=NCCCSC)NC(C)c1ccc2ccccc2c1.I. The molecule has 31 heavy (non-hydrogen) atoms. The van der Waals surface area contributed by atoms with Crippen LogP contribution in [-0.2, 0) is 13.0 Å². The third-order valence-electron chi connectivity index (χ3n) is 5.06. The fourth-order valence-electron chi connectivity index (χ4n) is 3.35. The number of guanidine groups is 1. The maximum Gasteiger partial charge on any atom is 0.191 e. The monoisotopic (exact) mass is 552 g/mol. The van der Waals surface area contributed by atoms with Crippen LogP contribution in [0.3, 0.4) is 0 Å². The predicted molar refractivity (Wildman–Crippen MR) is 144 cm³/mol. The molecule has 0 fully saturated rings. The smallest absolute Gasteiger partial charge is 0.191 e. The van der Waals surface area contributed by atoms with E-state index in [9.17, 15) is 0 Å². The molecule has 3 aromatic rings. The van der Waals surface area contributed by atoms with Crippen LogP contribution < -0.4 is 10.6 Å². The Morgan fingerprint density at radius 1 is 1.19 bits per heavy atom. The first-order chi connectivity index (χ1) is 14.7. The molecule has 0 radical (unpaired) electrons. The van der Waals surface area contributed by atoms with Crippen molar-refractivity contribution in [1.82, 2.24) is 25.4 Å². The molecule has 0 saturated heterocycles. The zero-order valence-electron chi connectivity index (χ0n) is 18.5. The summed E-state index contributed by atoms with van der Waals surface area (Å²) < 4.78 is 2.09. The highest BCUT2D eigenvalue weighted by molar-refractivity contribution is 14.0. The standard InChI is InChI=1S/C23H32N6S.HI/c1-4-22-28-26-17-29(22)14-13-25-23(24-12-7-15-30-3)27-18(2)20-11-10-19-8-5-6-9-21(19)16-20;/h5-6,8-11,16-18H,4,7,12-15H2,1-3H3,(H2,24,25,27);1H. The Balaban J connectivity index is 0.00000341. The number of halogens is 1. The second-order valence-electron chi connectivity index (χ2n) is 7.27. The number of nitrogens with zero attached hydrogens (tertiary/aromatic N) is 4. The quantitative estimate of drug-likeness (QED) is 0.166. The van der Waals surface area contributed by atoms with Gasteiger partial charge in [0.15, 0.2) is 5.96 Å². The number of aromatic nitrogens is 3. The van der Waals surface area contributed by atoms with Gasteiger partial charge in [0.25, 0.3) is 0 Å². The molecule has 2 aromatic carbocycles. The molecule has 0 spiro atoms. The molecule has 2 N–H and O–H groups in total. The molecule has 1 aromatic heterocycles.